The molecule has 39 heavy (non-hydrogen) atoms. The fraction of sp³-hybridized carbons (Fsp3) is 0.154. The van der Waals surface area contributed by atoms with Crippen LogP contribution in [0.1, 0.15) is 29.9 Å². The van der Waals surface area contributed by atoms with Gasteiger partial charge in [-0.2, -0.15) is 9.78 Å². The molecular formula is C26H18Cl2N10O. The lowest BCUT2D eigenvalue weighted by atomic mass is 10.0. The Hall–Kier alpha value is -4.48. The molecule has 8 rings (SSSR count). The van der Waals surface area contributed by atoms with Crippen LogP contribution in [0.2, 0.25) is 10.2 Å². The van der Waals surface area contributed by atoms with Crippen LogP contribution in [0.3, 0.4) is 0 Å². The standard InChI is InChI=1S/C26H18Cl2N10O/c27-13-2-4-19(37-10-30-35-36-37)15(8-13)12-6-20-16-9-17(16)23(38(20)21(39)7-12)26-31-22(24(28)32-26)11-1-3-14-18(5-11)33-34-25(14)29/h1-8,10,16-17,23H,9H2,(H,31,32)(H3,29,33,34). The average Bonchev–Trinajstić information content (AvgIpc) is 3.30. The van der Waals surface area contributed by atoms with E-state index in [-0.39, 0.29) is 23.4 Å². The first kappa shape index (κ1) is 22.5. The Morgan fingerprint density at radius 3 is 2.79 bits per heavy atom. The van der Waals surface area contributed by atoms with E-state index in [0.29, 0.717) is 27.5 Å². The number of halogens is 2. The van der Waals surface area contributed by atoms with Gasteiger partial charge in [-0.15, -0.1) is 5.10 Å². The minimum Gasteiger partial charge on any atom is -0.382 e. The summed E-state index contributed by atoms with van der Waals surface area (Å²) in [5.74, 6) is 1.62. The zero-order valence-electron chi connectivity index (χ0n) is 20.0. The van der Waals surface area contributed by atoms with E-state index in [0.717, 1.165) is 45.4 Å². The number of imidazole rings is 1. The summed E-state index contributed by atoms with van der Waals surface area (Å²) < 4.78 is 3.39. The molecular weight excluding hydrogens is 539 g/mol. The highest BCUT2D eigenvalue weighted by atomic mass is 35.5. The van der Waals surface area contributed by atoms with Crippen LogP contribution in [0, 0.1) is 5.92 Å². The molecule has 13 heteroatoms. The molecule has 1 aliphatic carbocycles. The largest absolute Gasteiger partial charge is 0.382 e. The molecule has 192 valence electrons. The third-order valence-electron chi connectivity index (χ3n) is 7.69. The molecule has 3 unspecified atom stereocenters. The topological polar surface area (TPSA) is 149 Å². The molecule has 0 radical (unpaired) electrons. The first-order chi connectivity index (χ1) is 19.0. The predicted molar refractivity (Wildman–Crippen MR) is 146 cm³/mol. The Morgan fingerprint density at radius 2 is 1.95 bits per heavy atom. The number of benzene rings is 2. The lowest BCUT2D eigenvalue weighted by Gasteiger charge is -2.17. The monoisotopic (exact) mass is 556 g/mol. The Kier molecular flexibility index (Phi) is 4.62. The summed E-state index contributed by atoms with van der Waals surface area (Å²) in [5.41, 5.74) is 11.3. The number of aromatic nitrogens is 9. The quantitative estimate of drug-likeness (QED) is 0.292. The first-order valence-corrected chi connectivity index (χ1v) is 13.0. The highest BCUT2D eigenvalue weighted by molar-refractivity contribution is 6.32. The summed E-state index contributed by atoms with van der Waals surface area (Å²) in [6, 6.07) is 14.6. The van der Waals surface area contributed by atoms with Gasteiger partial charge in [0.2, 0.25) is 0 Å². The SMILES string of the molecule is Nc1n[nH]c2cc(-c3nc(C4C5CC5c5cc(-c6cc(Cl)ccc6-n6cnnn6)cc(=O)n54)[nH]c3Cl)ccc12. The molecule has 1 aliphatic heterocycles. The maximum absolute atomic E-state index is 13.6. The van der Waals surface area contributed by atoms with Gasteiger partial charge in [-0.25, -0.2) is 4.98 Å². The van der Waals surface area contributed by atoms with Crippen LogP contribution in [-0.4, -0.2) is 44.9 Å². The van der Waals surface area contributed by atoms with Crippen LogP contribution in [0.15, 0.2) is 59.7 Å². The van der Waals surface area contributed by atoms with E-state index < -0.39 is 0 Å². The second-order valence-electron chi connectivity index (χ2n) is 9.90. The van der Waals surface area contributed by atoms with Gasteiger partial charge in [-0.1, -0.05) is 29.3 Å². The average molecular weight is 557 g/mol. The van der Waals surface area contributed by atoms with Gasteiger partial charge in [0.05, 0.1) is 17.2 Å². The van der Waals surface area contributed by atoms with Crippen LogP contribution >= 0.6 is 23.2 Å². The van der Waals surface area contributed by atoms with Crippen LogP contribution < -0.4 is 11.3 Å². The van der Waals surface area contributed by atoms with Crippen molar-refractivity contribution in [3.8, 4) is 28.1 Å². The Labute approximate surface area is 229 Å². The molecule has 4 N–H and O–H groups in total. The van der Waals surface area contributed by atoms with E-state index in [1.165, 1.54) is 6.33 Å². The molecule has 1 saturated carbocycles. The van der Waals surface area contributed by atoms with Crippen molar-refractivity contribution in [1.29, 1.82) is 0 Å². The number of nitrogen functional groups attached to an aromatic ring is 1. The van der Waals surface area contributed by atoms with Crippen LogP contribution in [0.5, 0.6) is 0 Å². The smallest absolute Gasteiger partial charge is 0.252 e. The van der Waals surface area contributed by atoms with Crippen LogP contribution in [-0.2, 0) is 0 Å². The lowest BCUT2D eigenvalue weighted by Crippen LogP contribution is -2.26. The second-order valence-corrected chi connectivity index (χ2v) is 10.7. The van der Waals surface area contributed by atoms with E-state index in [9.17, 15) is 4.79 Å². The predicted octanol–water partition coefficient (Wildman–Crippen LogP) is 4.35. The molecule has 2 aliphatic rings. The molecule has 0 amide bonds. The van der Waals surface area contributed by atoms with Crippen molar-refractivity contribution in [2.75, 3.05) is 5.73 Å². The Balaban J connectivity index is 1.21. The summed E-state index contributed by atoms with van der Waals surface area (Å²) in [6.45, 7) is 0. The molecule has 11 nitrogen and oxygen atoms in total. The molecule has 0 saturated heterocycles. The fourth-order valence-electron chi connectivity index (χ4n) is 5.86. The minimum atomic E-state index is -0.234. The number of tetrazole rings is 1. The third kappa shape index (κ3) is 3.36. The van der Waals surface area contributed by atoms with Crippen LogP contribution in [0.25, 0.3) is 39.0 Å². The molecule has 1 fully saturated rings. The van der Waals surface area contributed by atoms with Gasteiger partial charge in [-0.05, 0) is 64.7 Å². The van der Waals surface area contributed by atoms with E-state index >= 15 is 0 Å². The van der Waals surface area contributed by atoms with Gasteiger partial charge < -0.3 is 15.3 Å². The second kappa shape index (κ2) is 8.01. The van der Waals surface area contributed by atoms with E-state index in [4.69, 9.17) is 33.9 Å². The van der Waals surface area contributed by atoms with Gasteiger partial charge >= 0.3 is 0 Å². The molecule has 6 aromatic rings. The summed E-state index contributed by atoms with van der Waals surface area (Å²) in [7, 11) is 0. The number of hydrogen-bond acceptors (Lipinski definition) is 7. The van der Waals surface area contributed by atoms with Crippen molar-refractivity contribution >= 4 is 39.9 Å². The third-order valence-corrected chi connectivity index (χ3v) is 8.20. The molecule has 2 aromatic carbocycles. The summed E-state index contributed by atoms with van der Waals surface area (Å²) in [6.07, 6.45) is 2.48. The molecule has 0 bridgehead atoms. The number of nitrogens with two attached hydrogens (primary N) is 1. The Bertz CT molecular complexity index is 1990. The normalized spacial score (nSPS) is 19.4. The van der Waals surface area contributed by atoms with Crippen molar-refractivity contribution in [2.45, 2.75) is 18.4 Å². The maximum atomic E-state index is 13.6. The van der Waals surface area contributed by atoms with E-state index in [1.54, 1.807) is 16.8 Å². The number of H-pyrrole nitrogens is 2. The van der Waals surface area contributed by atoms with Gasteiger partial charge in [0.25, 0.3) is 5.56 Å². The number of nitrogens with zero attached hydrogens (tertiary/aromatic N) is 7. The van der Waals surface area contributed by atoms with Crippen molar-refractivity contribution < 1.29 is 0 Å². The number of rotatable bonds is 4. The molecule has 3 atom stereocenters. The van der Waals surface area contributed by atoms with Gasteiger partial charge in [0, 0.05) is 39.2 Å². The van der Waals surface area contributed by atoms with Crippen LogP contribution in [0.4, 0.5) is 5.82 Å². The summed E-state index contributed by atoms with van der Waals surface area (Å²) in [5, 5.41) is 20.3. The summed E-state index contributed by atoms with van der Waals surface area (Å²) >= 11 is 13.0. The van der Waals surface area contributed by atoms with Crippen molar-refractivity contribution in [1.82, 2.24) is 44.9 Å². The number of anilines is 1. The highest BCUT2D eigenvalue weighted by Gasteiger charge is 2.54. The lowest BCUT2D eigenvalue weighted by molar-refractivity contribution is 0.515. The van der Waals surface area contributed by atoms with E-state index in [2.05, 4.69) is 36.8 Å². The minimum absolute atomic E-state index is 0.120. The highest BCUT2D eigenvalue weighted by Crippen LogP contribution is 2.60. The number of pyridine rings is 1. The summed E-state index contributed by atoms with van der Waals surface area (Å²) in [4.78, 5) is 21.8. The zero-order chi connectivity index (χ0) is 26.4. The number of aromatic amines is 2. The van der Waals surface area contributed by atoms with Crippen molar-refractivity contribution in [2.24, 2.45) is 5.92 Å². The molecule has 0 spiro atoms. The van der Waals surface area contributed by atoms with Gasteiger partial charge in [0.1, 0.15) is 23.0 Å². The van der Waals surface area contributed by atoms with E-state index in [1.807, 2.05) is 34.9 Å². The zero-order valence-corrected chi connectivity index (χ0v) is 21.5. The maximum Gasteiger partial charge on any atom is 0.252 e. The molecule has 4 aromatic heterocycles. The number of nitrogens with one attached hydrogen (secondary N) is 2. The number of hydrogen-bond donors (Lipinski definition) is 3. The first-order valence-electron chi connectivity index (χ1n) is 12.3. The number of fused-ring (bicyclic) bond motifs is 4. The van der Waals surface area contributed by atoms with Crippen molar-refractivity contribution in [3.63, 3.8) is 0 Å². The molecule has 5 heterocycles. The van der Waals surface area contributed by atoms with Crippen molar-refractivity contribution in [3.05, 3.63) is 86.9 Å². The Morgan fingerprint density at radius 1 is 1.05 bits per heavy atom. The van der Waals surface area contributed by atoms with Gasteiger partial charge in [0.15, 0.2) is 5.82 Å². The van der Waals surface area contributed by atoms with Gasteiger partial charge in [-0.3, -0.25) is 9.89 Å². The fourth-order valence-corrected chi connectivity index (χ4v) is 6.28.